The Morgan fingerprint density at radius 2 is 2.29 bits per heavy atom. The van der Waals surface area contributed by atoms with Crippen molar-refractivity contribution in [2.45, 2.75) is 31.6 Å². The minimum Gasteiger partial charge on any atom is -0.491 e. The summed E-state index contributed by atoms with van der Waals surface area (Å²) in [6, 6.07) is 1.68. The van der Waals surface area contributed by atoms with Crippen molar-refractivity contribution < 1.29 is 27.9 Å². The molecule has 1 aliphatic rings. The predicted molar refractivity (Wildman–Crippen MR) is 81.9 cm³/mol. The minimum atomic E-state index is -2.78. The van der Waals surface area contributed by atoms with Crippen LogP contribution >= 0.6 is 0 Å². The molecule has 130 valence electrons. The number of oxime groups is 1. The van der Waals surface area contributed by atoms with Gasteiger partial charge >= 0.3 is 5.97 Å². The summed E-state index contributed by atoms with van der Waals surface area (Å²) in [5.41, 5.74) is 1.07. The van der Waals surface area contributed by atoms with Gasteiger partial charge in [-0.15, -0.1) is 0 Å². The maximum Gasteiger partial charge on any atom is 0.333 e. The molecule has 1 aromatic heterocycles. The highest BCUT2D eigenvalue weighted by Gasteiger charge is 2.29. The van der Waals surface area contributed by atoms with Crippen molar-refractivity contribution in [3.8, 4) is 5.75 Å². The van der Waals surface area contributed by atoms with Crippen molar-refractivity contribution in [2.24, 2.45) is 5.16 Å². The van der Waals surface area contributed by atoms with Crippen LogP contribution in [0.1, 0.15) is 31.2 Å². The SMILES string of the molecule is COC(=O)/C=C/O/N=C1\CCCC(F)(F)CCOc2cnccc21. The van der Waals surface area contributed by atoms with Gasteiger partial charge in [-0.2, -0.15) is 0 Å². The van der Waals surface area contributed by atoms with Crippen LogP contribution in [0, 0.1) is 0 Å². The largest absolute Gasteiger partial charge is 0.491 e. The van der Waals surface area contributed by atoms with E-state index in [1.807, 2.05) is 0 Å². The van der Waals surface area contributed by atoms with Gasteiger partial charge in [-0.05, 0) is 18.9 Å². The standard InChI is InChI=1S/C16H18F2N2O4/c1-22-15(21)5-9-24-20-13-3-2-6-16(17,18)7-10-23-14-11-19-8-4-12(13)14/h4-5,8-9,11H,2-3,6-7,10H2,1H3/b9-5+,20-13+. The lowest BCUT2D eigenvalue weighted by atomic mass is 10.0. The first-order chi connectivity index (χ1) is 11.5. The van der Waals surface area contributed by atoms with Gasteiger partial charge in [-0.1, -0.05) is 5.16 Å². The number of methoxy groups -OCH3 is 1. The summed E-state index contributed by atoms with van der Waals surface area (Å²) in [4.78, 5) is 19.9. The number of esters is 1. The van der Waals surface area contributed by atoms with E-state index in [9.17, 15) is 13.6 Å². The molecule has 0 saturated carbocycles. The lowest BCUT2D eigenvalue weighted by Crippen LogP contribution is -2.22. The minimum absolute atomic E-state index is 0.109. The van der Waals surface area contributed by atoms with E-state index in [-0.39, 0.29) is 32.3 Å². The van der Waals surface area contributed by atoms with Crippen LogP contribution in [0.2, 0.25) is 0 Å². The molecule has 8 heteroatoms. The highest BCUT2D eigenvalue weighted by atomic mass is 19.3. The molecule has 0 aromatic carbocycles. The normalized spacial score (nSPS) is 19.4. The highest BCUT2D eigenvalue weighted by molar-refractivity contribution is 6.02. The van der Waals surface area contributed by atoms with Gasteiger partial charge in [0.15, 0.2) is 0 Å². The molecule has 0 N–H and O–H groups in total. The Labute approximate surface area is 138 Å². The maximum atomic E-state index is 13.7. The molecule has 1 aromatic rings. The molecule has 0 spiro atoms. The highest BCUT2D eigenvalue weighted by Crippen LogP contribution is 2.29. The average molecular weight is 340 g/mol. The number of halogens is 2. The zero-order valence-electron chi connectivity index (χ0n) is 13.2. The van der Waals surface area contributed by atoms with E-state index >= 15 is 0 Å². The Hall–Kier alpha value is -2.51. The number of fused-ring (bicyclic) bond motifs is 1. The number of rotatable bonds is 3. The number of carbonyl (C=O) groups excluding carboxylic acids is 1. The Bertz CT molecular complexity index is 632. The summed E-state index contributed by atoms with van der Waals surface area (Å²) < 4.78 is 37.2. The second-order valence-electron chi connectivity index (χ2n) is 5.15. The molecule has 2 rings (SSSR count). The molecule has 0 unspecified atom stereocenters. The van der Waals surface area contributed by atoms with E-state index in [4.69, 9.17) is 9.57 Å². The molecule has 0 atom stereocenters. The Morgan fingerprint density at radius 1 is 1.46 bits per heavy atom. The molecule has 6 nitrogen and oxygen atoms in total. The monoisotopic (exact) mass is 340 g/mol. The quantitative estimate of drug-likeness (QED) is 0.366. The fourth-order valence-corrected chi connectivity index (χ4v) is 2.16. The van der Waals surface area contributed by atoms with Crippen molar-refractivity contribution in [2.75, 3.05) is 13.7 Å². The van der Waals surface area contributed by atoms with Crippen LogP contribution in [0.5, 0.6) is 5.75 Å². The van der Waals surface area contributed by atoms with E-state index in [0.29, 0.717) is 17.0 Å². The Balaban J connectivity index is 2.21. The molecule has 0 fully saturated rings. The molecule has 0 saturated heterocycles. The molecule has 0 amide bonds. The predicted octanol–water partition coefficient (Wildman–Crippen LogP) is 3.08. The number of pyridine rings is 1. The van der Waals surface area contributed by atoms with Gasteiger partial charge in [0.25, 0.3) is 5.92 Å². The Kier molecular flexibility index (Phi) is 6.22. The Morgan fingerprint density at radius 3 is 3.08 bits per heavy atom. The van der Waals surface area contributed by atoms with Crippen LogP contribution in [0.4, 0.5) is 8.78 Å². The number of carbonyl (C=O) groups is 1. The third-order valence-corrected chi connectivity index (χ3v) is 3.41. The fourth-order valence-electron chi connectivity index (χ4n) is 2.16. The van der Waals surface area contributed by atoms with Crippen LogP contribution in [-0.2, 0) is 14.4 Å². The molecule has 0 aliphatic carbocycles. The first-order valence-electron chi connectivity index (χ1n) is 7.44. The summed E-state index contributed by atoms with van der Waals surface area (Å²) in [7, 11) is 1.24. The van der Waals surface area contributed by atoms with Crippen LogP contribution in [0.25, 0.3) is 0 Å². The van der Waals surface area contributed by atoms with Gasteiger partial charge in [-0.3, -0.25) is 4.98 Å². The molecule has 24 heavy (non-hydrogen) atoms. The lowest BCUT2D eigenvalue weighted by Gasteiger charge is -2.20. The van der Waals surface area contributed by atoms with Crippen molar-refractivity contribution in [1.82, 2.24) is 4.98 Å². The number of hydrogen-bond acceptors (Lipinski definition) is 6. The van der Waals surface area contributed by atoms with Gasteiger partial charge in [0.2, 0.25) is 0 Å². The van der Waals surface area contributed by atoms with Gasteiger partial charge in [0.05, 0.1) is 31.7 Å². The van der Waals surface area contributed by atoms with Gasteiger partial charge in [-0.25, -0.2) is 13.6 Å². The molecular weight excluding hydrogens is 322 g/mol. The molecule has 0 bridgehead atoms. The second kappa shape index (κ2) is 8.37. The lowest BCUT2D eigenvalue weighted by molar-refractivity contribution is -0.135. The molecular formula is C16H18F2N2O4. The second-order valence-corrected chi connectivity index (χ2v) is 5.15. The van der Waals surface area contributed by atoms with Crippen LogP contribution < -0.4 is 4.74 Å². The first-order valence-corrected chi connectivity index (χ1v) is 7.44. The molecule has 1 aliphatic heterocycles. The summed E-state index contributed by atoms with van der Waals surface area (Å²) >= 11 is 0. The van der Waals surface area contributed by atoms with E-state index in [0.717, 1.165) is 12.3 Å². The van der Waals surface area contributed by atoms with Crippen molar-refractivity contribution in [1.29, 1.82) is 0 Å². The number of hydrogen-bond donors (Lipinski definition) is 0. The van der Waals surface area contributed by atoms with Gasteiger partial charge in [0, 0.05) is 24.6 Å². The van der Waals surface area contributed by atoms with Crippen molar-refractivity contribution >= 4 is 11.7 Å². The average Bonchev–Trinajstić information content (AvgIpc) is 2.56. The first kappa shape index (κ1) is 17.8. The summed E-state index contributed by atoms with van der Waals surface area (Å²) in [6.45, 7) is -0.109. The number of alkyl halides is 2. The zero-order chi connectivity index (χ0) is 17.4. The third kappa shape index (κ3) is 5.29. The summed E-state index contributed by atoms with van der Waals surface area (Å²) in [5, 5.41) is 3.92. The molecule has 0 radical (unpaired) electrons. The number of ether oxygens (including phenoxy) is 2. The third-order valence-electron chi connectivity index (χ3n) is 3.41. The van der Waals surface area contributed by atoms with Gasteiger partial charge in [0.1, 0.15) is 12.0 Å². The summed E-state index contributed by atoms with van der Waals surface area (Å²) in [6.07, 6.45) is 5.06. The topological polar surface area (TPSA) is 70.0 Å². The van der Waals surface area contributed by atoms with E-state index < -0.39 is 11.9 Å². The van der Waals surface area contributed by atoms with Crippen LogP contribution in [0.15, 0.2) is 36.0 Å². The zero-order valence-corrected chi connectivity index (χ0v) is 13.2. The summed E-state index contributed by atoms with van der Waals surface area (Å²) in [5.74, 6) is -3.00. The fraction of sp³-hybridized carbons (Fsp3) is 0.438. The number of aromatic nitrogens is 1. The van der Waals surface area contributed by atoms with Crippen molar-refractivity contribution in [3.05, 3.63) is 36.4 Å². The van der Waals surface area contributed by atoms with Crippen molar-refractivity contribution in [3.63, 3.8) is 0 Å². The van der Waals surface area contributed by atoms with Crippen LogP contribution in [0.3, 0.4) is 0 Å². The van der Waals surface area contributed by atoms with Crippen LogP contribution in [-0.4, -0.2) is 36.3 Å². The van der Waals surface area contributed by atoms with E-state index in [1.54, 1.807) is 12.3 Å². The van der Waals surface area contributed by atoms with Gasteiger partial charge < -0.3 is 14.3 Å². The van der Waals surface area contributed by atoms with E-state index in [2.05, 4.69) is 14.9 Å². The van der Waals surface area contributed by atoms with E-state index in [1.165, 1.54) is 13.3 Å². The molecule has 2 heterocycles. The number of nitrogens with zero attached hydrogens (tertiary/aromatic N) is 2. The maximum absolute atomic E-state index is 13.7. The smallest absolute Gasteiger partial charge is 0.333 e.